The van der Waals surface area contributed by atoms with Gasteiger partial charge in [-0.15, -0.1) is 0 Å². The first kappa shape index (κ1) is 27.2. The summed E-state index contributed by atoms with van der Waals surface area (Å²) in [5.74, 6) is 0.676. The van der Waals surface area contributed by atoms with Gasteiger partial charge >= 0.3 is 0 Å². The van der Waals surface area contributed by atoms with Crippen LogP contribution >= 0.6 is 11.6 Å². The third kappa shape index (κ3) is 5.38. The van der Waals surface area contributed by atoms with Crippen molar-refractivity contribution in [2.45, 2.75) is 6.04 Å². The molecular formula is C30H32ClN7O2. The minimum atomic E-state index is -0.261. The highest BCUT2D eigenvalue weighted by Crippen LogP contribution is 2.41. The normalized spacial score (nSPS) is 13.6. The van der Waals surface area contributed by atoms with E-state index in [1.165, 1.54) is 6.08 Å². The summed E-state index contributed by atoms with van der Waals surface area (Å²) in [6.45, 7) is 5.31. The van der Waals surface area contributed by atoms with Crippen LogP contribution in [0.3, 0.4) is 0 Å². The van der Waals surface area contributed by atoms with Gasteiger partial charge in [0.15, 0.2) is 0 Å². The number of para-hydroxylation sites is 1. The van der Waals surface area contributed by atoms with Gasteiger partial charge in [-0.05, 0) is 26.2 Å². The van der Waals surface area contributed by atoms with E-state index in [0.29, 0.717) is 39.8 Å². The number of ether oxygens (including phenoxy) is 1. The van der Waals surface area contributed by atoms with Crippen molar-refractivity contribution in [1.29, 1.82) is 0 Å². The van der Waals surface area contributed by atoms with Gasteiger partial charge in [0.1, 0.15) is 5.75 Å². The number of methoxy groups -OCH3 is 1. The molecule has 9 nitrogen and oxygen atoms in total. The van der Waals surface area contributed by atoms with E-state index in [0.717, 1.165) is 35.2 Å². The van der Waals surface area contributed by atoms with Gasteiger partial charge in [0, 0.05) is 61.0 Å². The molecule has 1 saturated heterocycles. The summed E-state index contributed by atoms with van der Waals surface area (Å²) in [6.07, 6.45) is 8.19. The number of anilines is 4. The van der Waals surface area contributed by atoms with Crippen molar-refractivity contribution in [2.24, 2.45) is 7.05 Å². The fourth-order valence-corrected chi connectivity index (χ4v) is 4.97. The SMILES string of the molecule is C=C/C=C/C(=O)Nc1cc(Nc2ncc(Cl)c(-c3cn(C)c4ccccc34)n2)c(OC)cc1N1CC(N(C)C)C1. The van der Waals surface area contributed by atoms with E-state index < -0.39 is 0 Å². The number of carbonyl (C=O) groups excluding carboxylic acids is 1. The van der Waals surface area contributed by atoms with Crippen LogP contribution in [-0.2, 0) is 11.8 Å². The number of likely N-dealkylation sites (N-methyl/N-ethyl adjacent to an activating group) is 1. The van der Waals surface area contributed by atoms with Crippen molar-refractivity contribution >= 4 is 51.4 Å². The number of halogens is 1. The zero-order valence-corrected chi connectivity index (χ0v) is 23.7. The van der Waals surface area contributed by atoms with Crippen LogP contribution in [0.2, 0.25) is 5.02 Å². The molecule has 0 saturated carbocycles. The number of aryl methyl sites for hydroxylation is 1. The molecule has 0 atom stereocenters. The summed E-state index contributed by atoms with van der Waals surface area (Å²) >= 11 is 6.58. The number of hydrogen-bond donors (Lipinski definition) is 2. The van der Waals surface area contributed by atoms with Crippen LogP contribution < -0.4 is 20.3 Å². The van der Waals surface area contributed by atoms with Gasteiger partial charge in [-0.1, -0.05) is 48.5 Å². The molecule has 1 amide bonds. The minimum Gasteiger partial charge on any atom is -0.494 e. The highest BCUT2D eigenvalue weighted by Gasteiger charge is 2.31. The van der Waals surface area contributed by atoms with Gasteiger partial charge in [0.25, 0.3) is 0 Å². The van der Waals surface area contributed by atoms with Gasteiger partial charge in [-0.25, -0.2) is 9.97 Å². The molecule has 0 unspecified atom stereocenters. The fraction of sp³-hybridized carbons (Fsp3) is 0.233. The maximum absolute atomic E-state index is 12.6. The predicted molar refractivity (Wildman–Crippen MR) is 163 cm³/mol. The number of amides is 1. The Morgan fingerprint density at radius 1 is 1.23 bits per heavy atom. The number of carbonyl (C=O) groups is 1. The topological polar surface area (TPSA) is 87.5 Å². The van der Waals surface area contributed by atoms with Crippen molar-refractivity contribution < 1.29 is 9.53 Å². The molecule has 206 valence electrons. The largest absolute Gasteiger partial charge is 0.494 e. The molecule has 2 aromatic heterocycles. The molecule has 1 aliphatic rings. The molecule has 10 heteroatoms. The lowest BCUT2D eigenvalue weighted by atomic mass is 10.0. The first-order valence-electron chi connectivity index (χ1n) is 12.9. The lowest BCUT2D eigenvalue weighted by Gasteiger charge is -2.45. The van der Waals surface area contributed by atoms with E-state index in [1.807, 2.05) is 48.1 Å². The Kier molecular flexibility index (Phi) is 7.77. The molecule has 0 spiro atoms. The molecule has 0 aliphatic carbocycles. The lowest BCUT2D eigenvalue weighted by Crippen LogP contribution is -2.57. The van der Waals surface area contributed by atoms with E-state index in [2.05, 4.69) is 52.2 Å². The van der Waals surface area contributed by atoms with Crippen LogP contribution in [-0.4, -0.2) is 65.7 Å². The first-order chi connectivity index (χ1) is 19.3. The van der Waals surface area contributed by atoms with Crippen molar-refractivity contribution in [3.05, 3.63) is 78.6 Å². The minimum absolute atomic E-state index is 0.261. The second kappa shape index (κ2) is 11.4. The lowest BCUT2D eigenvalue weighted by molar-refractivity contribution is -0.111. The van der Waals surface area contributed by atoms with E-state index in [9.17, 15) is 4.79 Å². The summed E-state index contributed by atoms with van der Waals surface area (Å²) in [4.78, 5) is 26.2. The van der Waals surface area contributed by atoms with E-state index in [4.69, 9.17) is 21.3 Å². The van der Waals surface area contributed by atoms with Gasteiger partial charge in [-0.3, -0.25) is 4.79 Å². The van der Waals surface area contributed by atoms with Crippen LogP contribution in [0.4, 0.5) is 23.0 Å². The molecule has 2 N–H and O–H groups in total. The Balaban J connectivity index is 1.52. The molecule has 4 aromatic rings. The quantitative estimate of drug-likeness (QED) is 0.208. The summed E-state index contributed by atoms with van der Waals surface area (Å²) in [6, 6.07) is 12.3. The average Bonchev–Trinajstić information content (AvgIpc) is 3.24. The van der Waals surface area contributed by atoms with Crippen LogP contribution in [0.5, 0.6) is 5.75 Å². The van der Waals surface area contributed by atoms with Crippen molar-refractivity contribution in [3.63, 3.8) is 0 Å². The second-order valence-corrected chi connectivity index (χ2v) is 10.3. The summed E-state index contributed by atoms with van der Waals surface area (Å²) in [5.41, 5.74) is 4.71. The maximum atomic E-state index is 12.6. The Morgan fingerprint density at radius 2 is 2.00 bits per heavy atom. The third-order valence-electron chi connectivity index (χ3n) is 7.04. The summed E-state index contributed by atoms with van der Waals surface area (Å²) in [7, 11) is 7.73. The second-order valence-electron chi connectivity index (χ2n) is 9.86. The van der Waals surface area contributed by atoms with Crippen molar-refractivity contribution in [3.8, 4) is 17.0 Å². The van der Waals surface area contributed by atoms with Gasteiger partial charge in [0.05, 0.1) is 41.1 Å². The molecule has 0 bridgehead atoms. The third-order valence-corrected chi connectivity index (χ3v) is 7.31. The van der Waals surface area contributed by atoms with Gasteiger partial charge in [-0.2, -0.15) is 0 Å². The molecular weight excluding hydrogens is 526 g/mol. The molecule has 1 fully saturated rings. The van der Waals surface area contributed by atoms with Crippen LogP contribution in [0.15, 0.2) is 73.6 Å². The van der Waals surface area contributed by atoms with Crippen molar-refractivity contribution in [1.82, 2.24) is 19.4 Å². The van der Waals surface area contributed by atoms with Crippen molar-refractivity contribution in [2.75, 3.05) is 49.8 Å². The Labute approximate surface area is 238 Å². The van der Waals surface area contributed by atoms with E-state index in [1.54, 1.807) is 25.5 Å². The number of fused-ring (bicyclic) bond motifs is 1. The molecule has 3 heterocycles. The number of hydrogen-bond acceptors (Lipinski definition) is 7. The summed E-state index contributed by atoms with van der Waals surface area (Å²) in [5, 5.41) is 7.76. The maximum Gasteiger partial charge on any atom is 0.248 e. The number of allylic oxidation sites excluding steroid dienone is 2. The standard InChI is InChI=1S/C30H32ClN7O2/c1-6-7-12-28(39)33-23-13-24(27(40-5)14-26(23)38-16-19(17-38)36(2)3)34-30-32-15-22(31)29(35-30)21-18-37(4)25-11-9-8-10-20(21)25/h6-15,18-19H,1,16-17H2,2-5H3,(H,33,39)(H,32,34,35)/b12-7+. The first-order valence-corrected chi connectivity index (χ1v) is 13.2. The Morgan fingerprint density at radius 3 is 2.73 bits per heavy atom. The zero-order chi connectivity index (χ0) is 28.4. The predicted octanol–water partition coefficient (Wildman–Crippen LogP) is 5.47. The number of aromatic nitrogens is 3. The summed E-state index contributed by atoms with van der Waals surface area (Å²) < 4.78 is 7.80. The molecule has 1 aliphatic heterocycles. The number of nitrogens with zero attached hydrogens (tertiary/aromatic N) is 5. The molecule has 40 heavy (non-hydrogen) atoms. The average molecular weight is 558 g/mol. The van der Waals surface area contributed by atoms with Gasteiger partial charge < -0.3 is 29.7 Å². The highest BCUT2D eigenvalue weighted by atomic mass is 35.5. The fourth-order valence-electron chi connectivity index (χ4n) is 4.77. The van der Waals surface area contributed by atoms with Crippen LogP contribution in [0, 0.1) is 0 Å². The van der Waals surface area contributed by atoms with E-state index >= 15 is 0 Å². The monoisotopic (exact) mass is 557 g/mol. The molecule has 5 rings (SSSR count). The van der Waals surface area contributed by atoms with Crippen LogP contribution in [0.25, 0.3) is 22.2 Å². The highest BCUT2D eigenvalue weighted by molar-refractivity contribution is 6.33. The molecule has 0 radical (unpaired) electrons. The molecule has 2 aromatic carbocycles. The smallest absolute Gasteiger partial charge is 0.248 e. The van der Waals surface area contributed by atoms with Crippen LogP contribution in [0.1, 0.15) is 0 Å². The van der Waals surface area contributed by atoms with E-state index in [-0.39, 0.29) is 5.91 Å². The number of rotatable bonds is 9. The zero-order valence-electron chi connectivity index (χ0n) is 23.0. The number of benzene rings is 2. The number of nitrogens with one attached hydrogen (secondary N) is 2. The van der Waals surface area contributed by atoms with Gasteiger partial charge in [0.2, 0.25) is 11.9 Å². The Hall–Kier alpha value is -4.34. The Bertz CT molecular complexity index is 1610.